The number of ether oxygens (including phenoxy) is 1. The first-order chi connectivity index (χ1) is 15.1. The number of benzene rings is 3. The van der Waals surface area contributed by atoms with E-state index < -0.39 is 17.8 Å². The standard InChI is InChI=1S/C25H20FNO4/c1-2-20(30-18-14-12-17(26)13-15-18)25(29)27-22-19-10-6-7-11-21(19)31-24(22)23(28)16-8-4-3-5-9-16/h3-15,20H,2H2,1H3,(H,27,29). The number of para-hydroxylation sites is 1. The van der Waals surface area contributed by atoms with Crippen molar-refractivity contribution in [3.8, 4) is 5.75 Å². The summed E-state index contributed by atoms with van der Waals surface area (Å²) >= 11 is 0. The molecule has 0 saturated heterocycles. The van der Waals surface area contributed by atoms with Gasteiger partial charge in [0.05, 0.1) is 5.69 Å². The molecule has 5 nitrogen and oxygen atoms in total. The molecule has 0 saturated carbocycles. The van der Waals surface area contributed by atoms with Gasteiger partial charge in [-0.2, -0.15) is 0 Å². The smallest absolute Gasteiger partial charge is 0.265 e. The molecule has 0 aliphatic carbocycles. The predicted octanol–water partition coefficient (Wildman–Crippen LogP) is 5.60. The number of hydrogen-bond acceptors (Lipinski definition) is 4. The Morgan fingerprint density at radius 3 is 2.35 bits per heavy atom. The Morgan fingerprint density at radius 2 is 1.65 bits per heavy atom. The van der Waals surface area contributed by atoms with Gasteiger partial charge in [0.1, 0.15) is 17.1 Å². The fourth-order valence-electron chi connectivity index (χ4n) is 3.25. The molecule has 0 radical (unpaired) electrons. The van der Waals surface area contributed by atoms with E-state index in [1.165, 1.54) is 24.3 Å². The first-order valence-electron chi connectivity index (χ1n) is 9.91. The molecule has 1 N–H and O–H groups in total. The number of fused-ring (bicyclic) bond motifs is 1. The third kappa shape index (κ3) is 4.33. The van der Waals surface area contributed by atoms with Crippen LogP contribution in [-0.4, -0.2) is 17.8 Å². The van der Waals surface area contributed by atoms with Crippen molar-refractivity contribution in [2.45, 2.75) is 19.4 Å². The Hall–Kier alpha value is -3.93. The lowest BCUT2D eigenvalue weighted by Gasteiger charge is -2.17. The topological polar surface area (TPSA) is 68.5 Å². The van der Waals surface area contributed by atoms with Crippen LogP contribution in [0.3, 0.4) is 0 Å². The summed E-state index contributed by atoms with van der Waals surface area (Å²) in [5.41, 5.74) is 1.24. The molecule has 4 rings (SSSR count). The zero-order chi connectivity index (χ0) is 21.8. The molecule has 1 aromatic heterocycles. The van der Waals surface area contributed by atoms with Crippen molar-refractivity contribution in [2.75, 3.05) is 5.32 Å². The van der Waals surface area contributed by atoms with Crippen LogP contribution in [0.5, 0.6) is 5.75 Å². The van der Waals surface area contributed by atoms with Crippen LogP contribution in [0.1, 0.15) is 29.5 Å². The average molecular weight is 417 g/mol. The van der Waals surface area contributed by atoms with E-state index in [0.29, 0.717) is 34.4 Å². The maximum absolute atomic E-state index is 13.1. The first-order valence-corrected chi connectivity index (χ1v) is 9.91. The van der Waals surface area contributed by atoms with Gasteiger partial charge < -0.3 is 14.5 Å². The Labute approximate surface area is 178 Å². The summed E-state index contributed by atoms with van der Waals surface area (Å²) in [6.07, 6.45) is -0.458. The van der Waals surface area contributed by atoms with Crippen molar-refractivity contribution in [1.82, 2.24) is 0 Å². The van der Waals surface area contributed by atoms with Crippen molar-refractivity contribution in [3.05, 3.63) is 96.0 Å². The number of halogens is 1. The highest BCUT2D eigenvalue weighted by Crippen LogP contribution is 2.33. The van der Waals surface area contributed by atoms with Gasteiger partial charge in [-0.1, -0.05) is 49.4 Å². The minimum Gasteiger partial charge on any atom is -0.481 e. The molecular weight excluding hydrogens is 397 g/mol. The van der Waals surface area contributed by atoms with E-state index in [9.17, 15) is 14.0 Å². The van der Waals surface area contributed by atoms with Crippen LogP contribution in [0.25, 0.3) is 11.0 Å². The van der Waals surface area contributed by atoms with Crippen LogP contribution in [0.4, 0.5) is 10.1 Å². The van der Waals surface area contributed by atoms with E-state index in [1.54, 1.807) is 55.5 Å². The van der Waals surface area contributed by atoms with Crippen molar-refractivity contribution in [3.63, 3.8) is 0 Å². The van der Waals surface area contributed by atoms with E-state index >= 15 is 0 Å². The number of ketones is 1. The van der Waals surface area contributed by atoms with Gasteiger partial charge in [0.25, 0.3) is 5.91 Å². The van der Waals surface area contributed by atoms with Crippen molar-refractivity contribution >= 4 is 28.3 Å². The molecule has 1 atom stereocenters. The fourth-order valence-corrected chi connectivity index (χ4v) is 3.25. The van der Waals surface area contributed by atoms with E-state index in [2.05, 4.69) is 5.32 Å². The number of hydrogen-bond donors (Lipinski definition) is 1. The maximum atomic E-state index is 13.1. The average Bonchev–Trinajstić information content (AvgIpc) is 3.17. The van der Waals surface area contributed by atoms with Crippen molar-refractivity contribution < 1.29 is 23.1 Å². The monoisotopic (exact) mass is 417 g/mol. The minimum absolute atomic E-state index is 0.0531. The second-order valence-electron chi connectivity index (χ2n) is 6.96. The summed E-state index contributed by atoms with van der Waals surface area (Å²) in [5, 5.41) is 3.43. The fraction of sp³-hybridized carbons (Fsp3) is 0.120. The summed E-state index contributed by atoms with van der Waals surface area (Å²) in [6.45, 7) is 1.80. The van der Waals surface area contributed by atoms with Gasteiger partial charge in [0, 0.05) is 10.9 Å². The number of nitrogens with one attached hydrogen (secondary N) is 1. The highest BCUT2D eigenvalue weighted by atomic mass is 19.1. The number of anilines is 1. The molecular formula is C25H20FNO4. The van der Waals surface area contributed by atoms with Gasteiger partial charge in [-0.05, 0) is 42.8 Å². The van der Waals surface area contributed by atoms with E-state index in [1.807, 2.05) is 6.07 Å². The summed E-state index contributed by atoms with van der Waals surface area (Å²) in [5.74, 6) is -0.725. The molecule has 0 aliphatic rings. The quantitative estimate of drug-likeness (QED) is 0.398. The second kappa shape index (κ2) is 8.83. The summed E-state index contributed by atoms with van der Waals surface area (Å²) in [4.78, 5) is 26.1. The molecule has 31 heavy (non-hydrogen) atoms. The van der Waals surface area contributed by atoms with Crippen LogP contribution < -0.4 is 10.1 Å². The number of amides is 1. The van der Waals surface area contributed by atoms with Crippen molar-refractivity contribution in [1.29, 1.82) is 0 Å². The molecule has 0 bridgehead atoms. The third-order valence-corrected chi connectivity index (χ3v) is 4.84. The molecule has 0 fully saturated rings. The molecule has 1 heterocycles. The van der Waals surface area contributed by atoms with Gasteiger partial charge in [-0.25, -0.2) is 4.39 Å². The van der Waals surface area contributed by atoms with E-state index in [-0.39, 0.29) is 11.5 Å². The van der Waals surface area contributed by atoms with Crippen LogP contribution >= 0.6 is 0 Å². The molecule has 0 spiro atoms. The van der Waals surface area contributed by atoms with Crippen molar-refractivity contribution in [2.24, 2.45) is 0 Å². The lowest BCUT2D eigenvalue weighted by Crippen LogP contribution is -2.32. The number of carbonyl (C=O) groups excluding carboxylic acids is 2. The van der Waals surface area contributed by atoms with Crippen LogP contribution in [-0.2, 0) is 4.79 Å². The third-order valence-electron chi connectivity index (χ3n) is 4.84. The zero-order valence-corrected chi connectivity index (χ0v) is 16.8. The highest BCUT2D eigenvalue weighted by Gasteiger charge is 2.26. The normalized spacial score (nSPS) is 11.8. The van der Waals surface area contributed by atoms with Crippen LogP contribution in [0.15, 0.2) is 83.3 Å². The van der Waals surface area contributed by atoms with Crippen LogP contribution in [0.2, 0.25) is 0 Å². The molecule has 6 heteroatoms. The molecule has 4 aromatic rings. The molecule has 1 unspecified atom stereocenters. The van der Waals surface area contributed by atoms with Gasteiger partial charge in [0.15, 0.2) is 11.9 Å². The van der Waals surface area contributed by atoms with Gasteiger partial charge in [-0.3, -0.25) is 9.59 Å². The highest BCUT2D eigenvalue weighted by molar-refractivity contribution is 6.17. The zero-order valence-electron chi connectivity index (χ0n) is 16.8. The van der Waals surface area contributed by atoms with E-state index in [4.69, 9.17) is 9.15 Å². The first kappa shape index (κ1) is 20.3. The Morgan fingerprint density at radius 1 is 0.968 bits per heavy atom. The Balaban J connectivity index is 1.65. The summed E-state index contributed by atoms with van der Waals surface area (Å²) in [6, 6.07) is 21.3. The Bertz CT molecular complexity index is 1220. The molecule has 156 valence electrons. The second-order valence-corrected chi connectivity index (χ2v) is 6.96. The van der Waals surface area contributed by atoms with Gasteiger partial charge in [-0.15, -0.1) is 0 Å². The molecule has 0 aliphatic heterocycles. The van der Waals surface area contributed by atoms with Gasteiger partial charge in [0.2, 0.25) is 5.78 Å². The summed E-state index contributed by atoms with van der Waals surface area (Å²) in [7, 11) is 0. The largest absolute Gasteiger partial charge is 0.481 e. The minimum atomic E-state index is -0.834. The number of furan rings is 1. The maximum Gasteiger partial charge on any atom is 0.265 e. The summed E-state index contributed by atoms with van der Waals surface area (Å²) < 4.78 is 24.7. The predicted molar refractivity (Wildman–Crippen MR) is 116 cm³/mol. The number of carbonyl (C=O) groups is 2. The van der Waals surface area contributed by atoms with Gasteiger partial charge >= 0.3 is 0 Å². The van der Waals surface area contributed by atoms with Crippen LogP contribution in [0, 0.1) is 5.82 Å². The van der Waals surface area contributed by atoms with E-state index in [0.717, 1.165) is 0 Å². The molecule has 3 aromatic carbocycles. The lowest BCUT2D eigenvalue weighted by atomic mass is 10.1. The number of rotatable bonds is 7. The SMILES string of the molecule is CCC(Oc1ccc(F)cc1)C(=O)Nc1c(C(=O)c2ccccc2)oc2ccccc12. The molecule has 1 amide bonds. The lowest BCUT2D eigenvalue weighted by molar-refractivity contribution is -0.122. The Kier molecular flexibility index (Phi) is 5.80.